The number of hydrogen-bond donors (Lipinski definition) is 1. The van der Waals surface area contributed by atoms with Crippen LogP contribution in [-0.4, -0.2) is 21.1 Å². The minimum absolute atomic E-state index is 0.117. The number of nitro groups is 1. The third-order valence-corrected chi connectivity index (χ3v) is 5.55. The average molecular weight is 445 g/mol. The van der Waals surface area contributed by atoms with Crippen LogP contribution in [0.3, 0.4) is 0 Å². The SMILES string of the molecule is C[S@@](=O)C[C@H](NCc1ccc(Oc2ccccc2Cl)c([N+](=O)[O-])c1)c1ccccc1. The van der Waals surface area contributed by atoms with Crippen LogP contribution in [0.25, 0.3) is 0 Å². The molecule has 8 heteroatoms. The van der Waals surface area contributed by atoms with Gasteiger partial charge in [-0.05, 0) is 29.3 Å². The van der Waals surface area contributed by atoms with E-state index in [2.05, 4.69) is 5.32 Å². The molecule has 6 nitrogen and oxygen atoms in total. The highest BCUT2D eigenvalue weighted by molar-refractivity contribution is 7.84. The van der Waals surface area contributed by atoms with Crippen molar-refractivity contribution in [2.45, 2.75) is 12.6 Å². The molecule has 1 N–H and O–H groups in total. The van der Waals surface area contributed by atoms with Gasteiger partial charge in [0.25, 0.3) is 0 Å². The zero-order valence-electron chi connectivity index (χ0n) is 16.3. The Hall–Kier alpha value is -2.74. The molecule has 0 aromatic heterocycles. The first-order chi connectivity index (χ1) is 14.4. The second-order valence-corrected chi connectivity index (χ2v) is 8.56. The minimum atomic E-state index is -0.998. The number of nitrogens with one attached hydrogen (secondary N) is 1. The number of nitrogens with zero attached hydrogens (tertiary/aromatic N) is 1. The summed E-state index contributed by atoms with van der Waals surface area (Å²) in [5.74, 6) is 0.911. The van der Waals surface area contributed by atoms with Gasteiger partial charge in [-0.15, -0.1) is 0 Å². The zero-order valence-corrected chi connectivity index (χ0v) is 17.9. The first kappa shape index (κ1) is 22.0. The van der Waals surface area contributed by atoms with Crippen LogP contribution in [0.15, 0.2) is 72.8 Å². The van der Waals surface area contributed by atoms with Crippen molar-refractivity contribution in [1.29, 1.82) is 0 Å². The van der Waals surface area contributed by atoms with Crippen molar-refractivity contribution in [2.24, 2.45) is 0 Å². The maximum atomic E-state index is 11.8. The molecule has 0 spiro atoms. The Labute approximate surface area is 182 Å². The van der Waals surface area contributed by atoms with Crippen molar-refractivity contribution in [3.05, 3.63) is 99.1 Å². The first-order valence-corrected chi connectivity index (χ1v) is 11.3. The lowest BCUT2D eigenvalue weighted by Crippen LogP contribution is -2.25. The summed E-state index contributed by atoms with van der Waals surface area (Å²) >= 11 is 6.09. The number of halogens is 1. The largest absolute Gasteiger partial charge is 0.449 e. The molecular formula is C22H21ClN2O4S. The third-order valence-electron chi connectivity index (χ3n) is 4.43. The standard InChI is InChI=1S/C22H21ClN2O4S/c1-30(28)15-19(17-7-3-2-4-8-17)24-14-16-11-12-22(20(13-16)25(26)27)29-21-10-6-5-9-18(21)23/h2-13,19,24H,14-15H2,1H3/t19-,30+/m0/s1. The van der Waals surface area contributed by atoms with E-state index >= 15 is 0 Å². The van der Waals surface area contributed by atoms with Crippen molar-refractivity contribution < 1.29 is 13.9 Å². The van der Waals surface area contributed by atoms with Gasteiger partial charge in [-0.3, -0.25) is 14.3 Å². The summed E-state index contributed by atoms with van der Waals surface area (Å²) in [6.45, 7) is 0.379. The smallest absolute Gasteiger partial charge is 0.311 e. The fourth-order valence-corrected chi connectivity index (χ4v) is 3.94. The predicted octanol–water partition coefficient (Wildman–Crippen LogP) is 5.25. The van der Waals surface area contributed by atoms with E-state index in [1.165, 1.54) is 6.07 Å². The highest BCUT2D eigenvalue weighted by atomic mass is 35.5. The predicted molar refractivity (Wildman–Crippen MR) is 120 cm³/mol. The molecule has 3 rings (SSSR count). The van der Waals surface area contributed by atoms with Crippen LogP contribution in [0, 0.1) is 10.1 Å². The van der Waals surface area contributed by atoms with Crippen LogP contribution in [-0.2, 0) is 17.3 Å². The maximum absolute atomic E-state index is 11.8. The number of hydrogen-bond acceptors (Lipinski definition) is 5. The van der Waals surface area contributed by atoms with Crippen molar-refractivity contribution in [3.63, 3.8) is 0 Å². The molecule has 3 aromatic rings. The molecule has 30 heavy (non-hydrogen) atoms. The Morgan fingerprint density at radius 1 is 1.07 bits per heavy atom. The van der Waals surface area contributed by atoms with Crippen molar-refractivity contribution in [3.8, 4) is 11.5 Å². The second-order valence-electron chi connectivity index (χ2n) is 6.68. The Balaban J connectivity index is 1.79. The van der Waals surface area contributed by atoms with Gasteiger partial charge in [0.1, 0.15) is 5.75 Å². The highest BCUT2D eigenvalue weighted by Gasteiger charge is 2.19. The van der Waals surface area contributed by atoms with E-state index in [9.17, 15) is 14.3 Å². The molecule has 0 unspecified atom stereocenters. The summed E-state index contributed by atoms with van der Waals surface area (Å²) in [5, 5.41) is 15.3. The van der Waals surface area contributed by atoms with Crippen molar-refractivity contribution >= 4 is 28.1 Å². The lowest BCUT2D eigenvalue weighted by molar-refractivity contribution is -0.385. The lowest BCUT2D eigenvalue weighted by atomic mass is 10.1. The zero-order chi connectivity index (χ0) is 21.5. The van der Waals surface area contributed by atoms with E-state index in [0.717, 1.165) is 11.1 Å². The Morgan fingerprint density at radius 2 is 1.77 bits per heavy atom. The molecule has 2 atom stereocenters. The third kappa shape index (κ3) is 5.89. The van der Waals surface area contributed by atoms with Gasteiger partial charge < -0.3 is 10.1 Å². The first-order valence-electron chi connectivity index (χ1n) is 9.22. The van der Waals surface area contributed by atoms with Crippen LogP contribution in [0.2, 0.25) is 5.02 Å². The Bertz CT molecular complexity index is 1050. The minimum Gasteiger partial charge on any atom is -0.449 e. The molecule has 0 aliphatic carbocycles. The fraction of sp³-hybridized carbons (Fsp3) is 0.182. The van der Waals surface area contributed by atoms with Gasteiger partial charge in [0.15, 0.2) is 0 Å². The molecule has 3 aromatic carbocycles. The van der Waals surface area contributed by atoms with Crippen LogP contribution >= 0.6 is 11.6 Å². The molecular weight excluding hydrogens is 424 g/mol. The molecule has 0 radical (unpaired) electrons. The van der Waals surface area contributed by atoms with Gasteiger partial charge >= 0.3 is 5.69 Å². The number of para-hydroxylation sites is 1. The summed E-state index contributed by atoms with van der Waals surface area (Å²) in [6.07, 6.45) is 1.66. The Morgan fingerprint density at radius 3 is 2.43 bits per heavy atom. The quantitative estimate of drug-likeness (QED) is 0.360. The lowest BCUT2D eigenvalue weighted by Gasteiger charge is -2.18. The van der Waals surface area contributed by atoms with Gasteiger partial charge in [-0.25, -0.2) is 0 Å². The van der Waals surface area contributed by atoms with Gasteiger partial charge in [0, 0.05) is 41.5 Å². The molecule has 156 valence electrons. The van der Waals surface area contributed by atoms with E-state index in [-0.39, 0.29) is 17.5 Å². The van der Waals surface area contributed by atoms with E-state index in [4.69, 9.17) is 16.3 Å². The summed E-state index contributed by atoms with van der Waals surface area (Å²) in [7, 11) is -0.998. The monoisotopic (exact) mass is 444 g/mol. The van der Waals surface area contributed by atoms with E-state index in [1.807, 2.05) is 30.3 Å². The maximum Gasteiger partial charge on any atom is 0.311 e. The number of rotatable bonds is 9. The number of ether oxygens (including phenoxy) is 1. The van der Waals surface area contributed by atoms with Crippen LogP contribution in [0.1, 0.15) is 17.2 Å². The number of nitro benzene ring substituents is 1. The molecule has 0 saturated carbocycles. The molecule has 0 saturated heterocycles. The van der Waals surface area contributed by atoms with Gasteiger partial charge in [-0.2, -0.15) is 0 Å². The molecule has 0 fully saturated rings. The van der Waals surface area contributed by atoms with Gasteiger partial charge in [-0.1, -0.05) is 60.1 Å². The topological polar surface area (TPSA) is 81.5 Å². The summed E-state index contributed by atoms with van der Waals surface area (Å²) < 4.78 is 17.5. The van der Waals surface area contributed by atoms with Crippen molar-refractivity contribution in [2.75, 3.05) is 12.0 Å². The molecule has 0 aliphatic rings. The summed E-state index contributed by atoms with van der Waals surface area (Å²) in [5.41, 5.74) is 1.58. The number of benzene rings is 3. The van der Waals surface area contributed by atoms with Crippen LogP contribution in [0.4, 0.5) is 5.69 Å². The van der Waals surface area contributed by atoms with Gasteiger partial charge in [0.05, 0.1) is 9.95 Å². The molecule has 0 amide bonds. The average Bonchev–Trinajstić information content (AvgIpc) is 2.73. The molecule has 0 heterocycles. The summed E-state index contributed by atoms with van der Waals surface area (Å²) in [4.78, 5) is 11.1. The van der Waals surface area contributed by atoms with Crippen LogP contribution < -0.4 is 10.1 Å². The highest BCUT2D eigenvalue weighted by Crippen LogP contribution is 2.35. The normalized spacial score (nSPS) is 12.9. The molecule has 0 aliphatic heterocycles. The van der Waals surface area contributed by atoms with E-state index in [1.54, 1.807) is 42.7 Å². The van der Waals surface area contributed by atoms with Gasteiger partial charge in [0.2, 0.25) is 5.75 Å². The second kappa shape index (κ2) is 10.3. The van der Waals surface area contributed by atoms with E-state index < -0.39 is 15.7 Å². The fourth-order valence-electron chi connectivity index (χ4n) is 2.98. The van der Waals surface area contributed by atoms with E-state index in [0.29, 0.717) is 23.1 Å². The van der Waals surface area contributed by atoms with Crippen LogP contribution in [0.5, 0.6) is 11.5 Å². The Kier molecular flexibility index (Phi) is 7.57. The van der Waals surface area contributed by atoms with Crippen molar-refractivity contribution in [1.82, 2.24) is 5.32 Å². The molecule has 0 bridgehead atoms. The summed E-state index contributed by atoms with van der Waals surface area (Å²) in [6, 6.07) is 21.2.